The number of hydrogen-bond donors (Lipinski definition) is 2. The number of anilines is 1. The first kappa shape index (κ1) is 11.5. The summed E-state index contributed by atoms with van der Waals surface area (Å²) >= 11 is 0. The van der Waals surface area contributed by atoms with Crippen LogP contribution in [-0.4, -0.2) is 12.5 Å². The number of rotatable bonds is 3. The Balaban J connectivity index is 2.90. The van der Waals surface area contributed by atoms with E-state index >= 15 is 0 Å². The molecular formula is C9H9F3N2O. The summed E-state index contributed by atoms with van der Waals surface area (Å²) in [5, 5.41) is 1.97. The number of carbonyl (C=O) groups excluding carboxylic acids is 1. The third kappa shape index (κ3) is 2.95. The van der Waals surface area contributed by atoms with Gasteiger partial charge in [-0.15, -0.1) is 0 Å². The van der Waals surface area contributed by atoms with E-state index in [-0.39, 0.29) is 13.0 Å². The first-order valence-corrected chi connectivity index (χ1v) is 4.19. The highest BCUT2D eigenvalue weighted by molar-refractivity contribution is 5.91. The Bertz CT molecular complexity index is 359. The number of carbonyl (C=O) groups is 1. The largest absolute Gasteiger partial charge is 0.330 e. The lowest BCUT2D eigenvalue weighted by Gasteiger charge is -2.06. The molecule has 0 spiro atoms. The van der Waals surface area contributed by atoms with Gasteiger partial charge in [-0.2, -0.15) is 0 Å². The molecule has 82 valence electrons. The average Bonchev–Trinajstić information content (AvgIpc) is 2.11. The Kier molecular flexibility index (Phi) is 3.68. The van der Waals surface area contributed by atoms with Gasteiger partial charge in [0.25, 0.3) is 0 Å². The molecule has 6 heteroatoms. The van der Waals surface area contributed by atoms with Crippen LogP contribution in [0.2, 0.25) is 0 Å². The zero-order valence-electron chi connectivity index (χ0n) is 7.69. The second-order valence-electron chi connectivity index (χ2n) is 2.83. The van der Waals surface area contributed by atoms with Crippen molar-refractivity contribution in [2.75, 3.05) is 11.9 Å². The molecule has 0 aliphatic carbocycles. The zero-order valence-corrected chi connectivity index (χ0v) is 7.69. The molecule has 0 heterocycles. The maximum Gasteiger partial charge on any atom is 0.225 e. The van der Waals surface area contributed by atoms with E-state index in [2.05, 4.69) is 0 Å². The van der Waals surface area contributed by atoms with Crippen LogP contribution in [0, 0.1) is 17.5 Å². The third-order valence-electron chi connectivity index (χ3n) is 1.64. The van der Waals surface area contributed by atoms with Gasteiger partial charge >= 0.3 is 0 Å². The molecule has 0 aromatic heterocycles. The topological polar surface area (TPSA) is 55.1 Å². The summed E-state index contributed by atoms with van der Waals surface area (Å²) in [5.74, 6) is -3.97. The first-order valence-electron chi connectivity index (χ1n) is 4.19. The standard InChI is InChI=1S/C9H9F3N2O/c10-5-3-6(11)9(7(12)4-5)14-8(15)1-2-13/h3-4H,1-2,13H2,(H,14,15). The average molecular weight is 218 g/mol. The molecule has 1 aromatic carbocycles. The fourth-order valence-electron chi connectivity index (χ4n) is 0.995. The van der Waals surface area contributed by atoms with Crippen molar-refractivity contribution in [3.63, 3.8) is 0 Å². The van der Waals surface area contributed by atoms with Crippen molar-refractivity contribution in [3.8, 4) is 0 Å². The quantitative estimate of drug-likeness (QED) is 0.805. The van der Waals surface area contributed by atoms with E-state index in [9.17, 15) is 18.0 Å². The van der Waals surface area contributed by atoms with Crippen molar-refractivity contribution in [1.29, 1.82) is 0 Å². The van der Waals surface area contributed by atoms with Gasteiger partial charge in [-0.05, 0) is 0 Å². The molecule has 1 rings (SSSR count). The first-order chi connectivity index (χ1) is 7.04. The summed E-state index contributed by atoms with van der Waals surface area (Å²) in [6.07, 6.45) is -0.0593. The lowest BCUT2D eigenvalue weighted by atomic mass is 10.2. The van der Waals surface area contributed by atoms with Crippen molar-refractivity contribution in [1.82, 2.24) is 0 Å². The number of benzene rings is 1. The van der Waals surface area contributed by atoms with Crippen LogP contribution in [0.5, 0.6) is 0 Å². The van der Waals surface area contributed by atoms with Gasteiger partial charge in [-0.25, -0.2) is 13.2 Å². The predicted molar refractivity (Wildman–Crippen MR) is 48.6 cm³/mol. The SMILES string of the molecule is NCCC(=O)Nc1c(F)cc(F)cc1F. The van der Waals surface area contributed by atoms with Crippen LogP contribution in [0.3, 0.4) is 0 Å². The van der Waals surface area contributed by atoms with Gasteiger partial charge in [0.2, 0.25) is 5.91 Å². The Hall–Kier alpha value is -1.56. The van der Waals surface area contributed by atoms with E-state index in [0.29, 0.717) is 12.1 Å². The van der Waals surface area contributed by atoms with Crippen LogP contribution < -0.4 is 11.1 Å². The van der Waals surface area contributed by atoms with Gasteiger partial charge in [0.05, 0.1) is 0 Å². The molecule has 0 unspecified atom stereocenters. The minimum atomic E-state index is -1.15. The summed E-state index contributed by atoms with van der Waals surface area (Å²) < 4.78 is 38.5. The maximum absolute atomic E-state index is 13.0. The molecule has 3 N–H and O–H groups in total. The summed E-state index contributed by atoms with van der Waals surface area (Å²) in [5.41, 5.74) is 4.42. The molecule has 0 saturated heterocycles. The van der Waals surface area contributed by atoms with Crippen LogP contribution in [0.25, 0.3) is 0 Å². The molecule has 1 aromatic rings. The molecule has 0 aliphatic rings. The van der Waals surface area contributed by atoms with Gasteiger partial charge in [0.15, 0.2) is 11.6 Å². The van der Waals surface area contributed by atoms with Gasteiger partial charge in [0, 0.05) is 25.1 Å². The fraction of sp³-hybridized carbons (Fsp3) is 0.222. The molecule has 0 aliphatic heterocycles. The minimum absolute atomic E-state index is 0.0593. The summed E-state index contributed by atoms with van der Waals surface area (Å²) in [6, 6.07) is 0.974. The normalized spacial score (nSPS) is 10.1. The number of hydrogen-bond acceptors (Lipinski definition) is 2. The molecule has 0 fully saturated rings. The van der Waals surface area contributed by atoms with Crippen molar-refractivity contribution >= 4 is 11.6 Å². The van der Waals surface area contributed by atoms with E-state index in [1.54, 1.807) is 0 Å². The Morgan fingerprint density at radius 1 is 1.27 bits per heavy atom. The number of halogens is 3. The molecule has 1 amide bonds. The van der Waals surface area contributed by atoms with Crippen molar-refractivity contribution in [3.05, 3.63) is 29.6 Å². The van der Waals surface area contributed by atoms with Crippen molar-refractivity contribution in [2.45, 2.75) is 6.42 Å². The smallest absolute Gasteiger partial charge is 0.225 e. The number of nitrogens with two attached hydrogens (primary N) is 1. The molecular weight excluding hydrogens is 209 g/mol. The highest BCUT2D eigenvalue weighted by Gasteiger charge is 2.13. The van der Waals surface area contributed by atoms with E-state index in [4.69, 9.17) is 5.73 Å². The van der Waals surface area contributed by atoms with Gasteiger partial charge in [-0.1, -0.05) is 0 Å². The lowest BCUT2D eigenvalue weighted by molar-refractivity contribution is -0.116. The molecule has 0 bridgehead atoms. The second-order valence-corrected chi connectivity index (χ2v) is 2.83. The summed E-state index contributed by atoms with van der Waals surface area (Å²) in [4.78, 5) is 11.0. The lowest BCUT2D eigenvalue weighted by Crippen LogP contribution is -2.18. The third-order valence-corrected chi connectivity index (χ3v) is 1.64. The molecule has 15 heavy (non-hydrogen) atoms. The van der Waals surface area contributed by atoms with E-state index in [1.165, 1.54) is 0 Å². The van der Waals surface area contributed by atoms with Crippen molar-refractivity contribution in [2.24, 2.45) is 5.73 Å². The van der Waals surface area contributed by atoms with Crippen LogP contribution in [0.4, 0.5) is 18.9 Å². The second kappa shape index (κ2) is 4.79. The van der Waals surface area contributed by atoms with E-state index in [1.807, 2.05) is 5.32 Å². The Morgan fingerprint density at radius 2 is 1.80 bits per heavy atom. The highest BCUT2D eigenvalue weighted by atomic mass is 19.1. The zero-order chi connectivity index (χ0) is 11.4. The fourth-order valence-corrected chi connectivity index (χ4v) is 0.995. The van der Waals surface area contributed by atoms with Crippen LogP contribution in [0.1, 0.15) is 6.42 Å². The van der Waals surface area contributed by atoms with Crippen LogP contribution in [0.15, 0.2) is 12.1 Å². The molecule has 0 radical (unpaired) electrons. The summed E-state index contributed by atoms with van der Waals surface area (Å²) in [6.45, 7) is 0.0657. The van der Waals surface area contributed by atoms with Crippen LogP contribution in [-0.2, 0) is 4.79 Å². The van der Waals surface area contributed by atoms with Gasteiger partial charge < -0.3 is 11.1 Å². The predicted octanol–water partition coefficient (Wildman–Crippen LogP) is 1.39. The maximum atomic E-state index is 13.0. The Morgan fingerprint density at radius 3 is 2.27 bits per heavy atom. The minimum Gasteiger partial charge on any atom is -0.330 e. The highest BCUT2D eigenvalue weighted by Crippen LogP contribution is 2.20. The van der Waals surface area contributed by atoms with Crippen LogP contribution >= 0.6 is 0 Å². The molecule has 0 saturated carbocycles. The van der Waals surface area contributed by atoms with Gasteiger partial charge in [-0.3, -0.25) is 4.79 Å². The number of nitrogens with one attached hydrogen (secondary N) is 1. The van der Waals surface area contributed by atoms with E-state index in [0.717, 1.165) is 0 Å². The summed E-state index contributed by atoms with van der Waals surface area (Å²) in [7, 11) is 0. The Labute approximate surface area is 84.1 Å². The monoisotopic (exact) mass is 218 g/mol. The van der Waals surface area contributed by atoms with Gasteiger partial charge in [0.1, 0.15) is 11.5 Å². The van der Waals surface area contributed by atoms with Crippen molar-refractivity contribution < 1.29 is 18.0 Å². The molecule has 0 atom stereocenters. The number of amides is 1. The van der Waals surface area contributed by atoms with E-state index < -0.39 is 29.0 Å². The molecule has 3 nitrogen and oxygen atoms in total.